The lowest BCUT2D eigenvalue weighted by Crippen LogP contribution is -2.23. The van der Waals surface area contributed by atoms with Crippen LogP contribution in [-0.4, -0.2) is 20.4 Å². The summed E-state index contributed by atoms with van der Waals surface area (Å²) in [7, 11) is 0. The molecule has 0 unspecified atom stereocenters. The number of rotatable bonds is 5. The van der Waals surface area contributed by atoms with Gasteiger partial charge in [0.2, 0.25) is 0 Å². The van der Waals surface area contributed by atoms with Crippen LogP contribution in [0.3, 0.4) is 0 Å². The SMILES string of the molecule is Cc1nccn1-c1ccc(CNC(=O)c2cc(Cl)ccc2[N+](=O)[O-])cc1F. The fourth-order valence-electron chi connectivity index (χ4n) is 2.62. The van der Waals surface area contributed by atoms with Crippen LogP contribution in [0.15, 0.2) is 48.8 Å². The quantitative estimate of drug-likeness (QED) is 0.531. The number of nitro groups is 1. The van der Waals surface area contributed by atoms with Gasteiger partial charge in [-0.05, 0) is 36.8 Å². The minimum Gasteiger partial charge on any atom is -0.348 e. The number of nitrogens with one attached hydrogen (secondary N) is 1. The molecule has 0 saturated heterocycles. The summed E-state index contributed by atoms with van der Waals surface area (Å²) in [6, 6.07) is 8.25. The van der Waals surface area contributed by atoms with Gasteiger partial charge in [-0.1, -0.05) is 17.7 Å². The Bertz CT molecular complexity index is 1040. The Morgan fingerprint density at radius 1 is 1.33 bits per heavy atom. The van der Waals surface area contributed by atoms with E-state index >= 15 is 0 Å². The second-order valence-corrected chi connectivity index (χ2v) is 6.17. The molecule has 2 aromatic carbocycles. The first-order chi connectivity index (χ1) is 12.9. The van der Waals surface area contributed by atoms with Crippen molar-refractivity contribution in [3.8, 4) is 5.69 Å². The second kappa shape index (κ2) is 7.55. The molecule has 138 valence electrons. The lowest BCUT2D eigenvalue weighted by molar-refractivity contribution is -0.385. The highest BCUT2D eigenvalue weighted by Crippen LogP contribution is 2.23. The molecule has 0 atom stereocenters. The van der Waals surface area contributed by atoms with Gasteiger partial charge in [0.25, 0.3) is 11.6 Å². The minimum atomic E-state index is -0.667. The third kappa shape index (κ3) is 3.95. The zero-order chi connectivity index (χ0) is 19.6. The van der Waals surface area contributed by atoms with E-state index in [-0.39, 0.29) is 22.8 Å². The summed E-state index contributed by atoms with van der Waals surface area (Å²) < 4.78 is 16.0. The molecule has 1 aromatic heterocycles. The number of imidazole rings is 1. The van der Waals surface area contributed by atoms with Crippen molar-refractivity contribution >= 4 is 23.2 Å². The topological polar surface area (TPSA) is 90.1 Å². The maximum absolute atomic E-state index is 14.4. The average molecular weight is 389 g/mol. The van der Waals surface area contributed by atoms with Gasteiger partial charge >= 0.3 is 0 Å². The maximum atomic E-state index is 14.4. The van der Waals surface area contributed by atoms with Crippen LogP contribution in [0.2, 0.25) is 5.02 Å². The van der Waals surface area contributed by atoms with E-state index in [2.05, 4.69) is 10.3 Å². The van der Waals surface area contributed by atoms with Gasteiger partial charge in [0, 0.05) is 30.0 Å². The second-order valence-electron chi connectivity index (χ2n) is 5.73. The molecule has 1 heterocycles. The third-order valence-electron chi connectivity index (χ3n) is 3.95. The molecule has 0 spiro atoms. The van der Waals surface area contributed by atoms with Crippen molar-refractivity contribution < 1.29 is 14.1 Å². The summed E-state index contributed by atoms with van der Waals surface area (Å²) >= 11 is 5.82. The molecule has 0 fully saturated rings. The number of aryl methyl sites for hydroxylation is 1. The van der Waals surface area contributed by atoms with Gasteiger partial charge in [0.15, 0.2) is 0 Å². The van der Waals surface area contributed by atoms with Crippen molar-refractivity contribution in [2.45, 2.75) is 13.5 Å². The summed E-state index contributed by atoms with van der Waals surface area (Å²) in [5.41, 5.74) is 0.338. The van der Waals surface area contributed by atoms with Crippen LogP contribution in [0.25, 0.3) is 5.69 Å². The summed E-state index contributed by atoms with van der Waals surface area (Å²) in [5, 5.41) is 13.8. The molecule has 9 heteroatoms. The van der Waals surface area contributed by atoms with E-state index in [9.17, 15) is 19.3 Å². The van der Waals surface area contributed by atoms with E-state index in [1.54, 1.807) is 36.0 Å². The molecule has 7 nitrogen and oxygen atoms in total. The van der Waals surface area contributed by atoms with E-state index in [1.807, 2.05) is 0 Å². The molecular formula is C18H14ClFN4O3. The van der Waals surface area contributed by atoms with Gasteiger partial charge in [-0.3, -0.25) is 14.9 Å². The van der Waals surface area contributed by atoms with Crippen molar-refractivity contribution in [1.82, 2.24) is 14.9 Å². The van der Waals surface area contributed by atoms with E-state index in [1.165, 1.54) is 24.3 Å². The zero-order valence-electron chi connectivity index (χ0n) is 14.1. The van der Waals surface area contributed by atoms with Crippen molar-refractivity contribution in [1.29, 1.82) is 0 Å². The Morgan fingerprint density at radius 2 is 2.11 bits per heavy atom. The Labute approximate surface area is 158 Å². The molecule has 0 aliphatic heterocycles. The molecule has 3 aromatic rings. The van der Waals surface area contributed by atoms with Crippen molar-refractivity contribution in [3.63, 3.8) is 0 Å². The Kier molecular flexibility index (Phi) is 5.18. The molecule has 0 radical (unpaired) electrons. The van der Waals surface area contributed by atoms with Gasteiger partial charge in [-0.25, -0.2) is 9.37 Å². The first kappa shape index (κ1) is 18.5. The largest absolute Gasteiger partial charge is 0.348 e. The number of hydrogen-bond acceptors (Lipinski definition) is 4. The fourth-order valence-corrected chi connectivity index (χ4v) is 2.79. The Balaban J connectivity index is 1.77. The molecule has 0 aliphatic carbocycles. The van der Waals surface area contributed by atoms with Gasteiger partial charge in [-0.2, -0.15) is 0 Å². The highest BCUT2D eigenvalue weighted by molar-refractivity contribution is 6.31. The van der Waals surface area contributed by atoms with Crippen molar-refractivity contribution in [3.05, 3.63) is 86.7 Å². The number of halogens is 2. The lowest BCUT2D eigenvalue weighted by Gasteiger charge is -2.10. The number of nitrogens with zero attached hydrogens (tertiary/aromatic N) is 3. The number of benzene rings is 2. The normalized spacial score (nSPS) is 10.6. The van der Waals surface area contributed by atoms with Crippen LogP contribution in [0.1, 0.15) is 21.7 Å². The molecule has 3 rings (SSSR count). The standard InChI is InChI=1S/C18H14ClFN4O3/c1-11-21-6-7-23(11)17-4-2-12(8-15(17)20)10-22-18(25)14-9-13(19)3-5-16(14)24(26)27/h2-9H,10H2,1H3,(H,22,25). The molecule has 27 heavy (non-hydrogen) atoms. The maximum Gasteiger partial charge on any atom is 0.282 e. The monoisotopic (exact) mass is 388 g/mol. The van der Waals surface area contributed by atoms with Crippen LogP contribution in [-0.2, 0) is 6.54 Å². The van der Waals surface area contributed by atoms with Gasteiger partial charge in [-0.15, -0.1) is 0 Å². The molecular weight excluding hydrogens is 375 g/mol. The van der Waals surface area contributed by atoms with Crippen LogP contribution in [0, 0.1) is 22.9 Å². The smallest absolute Gasteiger partial charge is 0.282 e. The summed E-state index contributed by atoms with van der Waals surface area (Å²) in [4.78, 5) is 26.8. The average Bonchev–Trinajstić information content (AvgIpc) is 3.05. The fraction of sp³-hybridized carbons (Fsp3) is 0.111. The molecule has 0 saturated carbocycles. The number of carbonyl (C=O) groups excluding carboxylic acids is 1. The molecule has 1 N–H and O–H groups in total. The van der Waals surface area contributed by atoms with Gasteiger partial charge in [0.1, 0.15) is 17.2 Å². The van der Waals surface area contributed by atoms with E-state index in [0.29, 0.717) is 17.1 Å². The minimum absolute atomic E-state index is 0.00259. The highest BCUT2D eigenvalue weighted by Gasteiger charge is 2.20. The summed E-state index contributed by atoms with van der Waals surface area (Å²) in [5.74, 6) is -0.501. The van der Waals surface area contributed by atoms with Gasteiger partial charge in [0.05, 0.1) is 10.6 Å². The van der Waals surface area contributed by atoms with E-state index in [4.69, 9.17) is 11.6 Å². The van der Waals surface area contributed by atoms with Crippen LogP contribution >= 0.6 is 11.6 Å². The number of carbonyl (C=O) groups is 1. The lowest BCUT2D eigenvalue weighted by atomic mass is 10.1. The van der Waals surface area contributed by atoms with Gasteiger partial charge < -0.3 is 9.88 Å². The third-order valence-corrected chi connectivity index (χ3v) is 4.19. The molecule has 1 amide bonds. The number of amides is 1. The molecule has 0 aliphatic rings. The van der Waals surface area contributed by atoms with Crippen LogP contribution in [0.5, 0.6) is 0 Å². The first-order valence-corrected chi connectivity index (χ1v) is 8.25. The van der Waals surface area contributed by atoms with Crippen molar-refractivity contribution in [2.75, 3.05) is 0 Å². The van der Waals surface area contributed by atoms with Crippen molar-refractivity contribution in [2.24, 2.45) is 0 Å². The zero-order valence-corrected chi connectivity index (χ0v) is 14.9. The predicted molar refractivity (Wildman–Crippen MR) is 97.5 cm³/mol. The van der Waals surface area contributed by atoms with E-state index < -0.39 is 16.6 Å². The molecule has 0 bridgehead atoms. The Morgan fingerprint density at radius 3 is 2.74 bits per heavy atom. The van der Waals surface area contributed by atoms with Crippen LogP contribution in [0.4, 0.5) is 10.1 Å². The predicted octanol–water partition coefficient (Wildman–Crippen LogP) is 3.81. The number of nitro benzene ring substituents is 1. The summed E-state index contributed by atoms with van der Waals surface area (Å²) in [6.45, 7) is 1.76. The van der Waals surface area contributed by atoms with E-state index in [0.717, 1.165) is 0 Å². The Hall–Kier alpha value is -3.26. The van der Waals surface area contributed by atoms with Crippen LogP contribution < -0.4 is 5.32 Å². The number of hydrogen-bond donors (Lipinski definition) is 1. The highest BCUT2D eigenvalue weighted by atomic mass is 35.5. The summed E-state index contributed by atoms with van der Waals surface area (Å²) in [6.07, 6.45) is 3.22. The first-order valence-electron chi connectivity index (χ1n) is 7.87. The number of aromatic nitrogens is 2.